The third kappa shape index (κ3) is 2.81. The van der Waals surface area contributed by atoms with Gasteiger partial charge in [0.25, 0.3) is 5.91 Å². The fraction of sp³-hybridized carbons (Fsp3) is 0.471. The summed E-state index contributed by atoms with van der Waals surface area (Å²) in [6, 6.07) is 5.77. The minimum absolute atomic E-state index is 0.198. The van der Waals surface area contributed by atoms with Gasteiger partial charge in [-0.05, 0) is 45.7 Å². The summed E-state index contributed by atoms with van der Waals surface area (Å²) in [5, 5.41) is 2.84. The number of hydrogen-bond donors (Lipinski definition) is 1. The van der Waals surface area contributed by atoms with E-state index in [0.29, 0.717) is 5.69 Å². The van der Waals surface area contributed by atoms with Crippen LogP contribution < -0.4 is 10.2 Å². The van der Waals surface area contributed by atoms with E-state index >= 15 is 0 Å². The maximum Gasteiger partial charge on any atom is 0.332 e. The number of imide groups is 1. The number of urea groups is 1. The number of amides is 4. The van der Waals surface area contributed by atoms with Crippen LogP contribution in [-0.4, -0.2) is 40.9 Å². The van der Waals surface area contributed by atoms with Crippen molar-refractivity contribution in [3.63, 3.8) is 0 Å². The molecule has 1 aliphatic heterocycles. The molecule has 6 nitrogen and oxygen atoms in total. The van der Waals surface area contributed by atoms with Crippen LogP contribution in [0.25, 0.3) is 0 Å². The standard InChI is InChI=1S/C17H21N3O3/c1-10-4-8-14(9-5-10)19-12(3)16(22)20(17(19)23)11(2)15(21)18-13-6-7-13/h4-5,8-9,11-13H,6-7H2,1-3H3,(H,18,21)/t11-,12-/m1/s1. The molecule has 1 heterocycles. The fourth-order valence-corrected chi connectivity index (χ4v) is 2.75. The highest BCUT2D eigenvalue weighted by molar-refractivity contribution is 6.16. The molecule has 1 saturated carbocycles. The van der Waals surface area contributed by atoms with Gasteiger partial charge in [-0.25, -0.2) is 9.69 Å². The first-order valence-corrected chi connectivity index (χ1v) is 7.93. The van der Waals surface area contributed by atoms with Crippen molar-refractivity contribution in [2.45, 2.75) is 51.7 Å². The highest BCUT2D eigenvalue weighted by atomic mass is 16.2. The van der Waals surface area contributed by atoms with Gasteiger partial charge in [0.15, 0.2) is 0 Å². The molecule has 0 spiro atoms. The minimum Gasteiger partial charge on any atom is -0.352 e. The quantitative estimate of drug-likeness (QED) is 0.862. The second-order valence-electron chi connectivity index (χ2n) is 6.33. The Hall–Kier alpha value is -2.37. The molecule has 0 aromatic heterocycles. The van der Waals surface area contributed by atoms with Crippen molar-refractivity contribution in [1.29, 1.82) is 0 Å². The van der Waals surface area contributed by atoms with Crippen LogP contribution in [0, 0.1) is 6.92 Å². The molecule has 1 saturated heterocycles. The number of hydrogen-bond acceptors (Lipinski definition) is 3. The summed E-state index contributed by atoms with van der Waals surface area (Å²) in [6.07, 6.45) is 1.93. The van der Waals surface area contributed by atoms with Crippen LogP contribution in [-0.2, 0) is 9.59 Å². The molecule has 3 rings (SSSR count). The lowest BCUT2D eigenvalue weighted by molar-refractivity contribution is -0.135. The van der Waals surface area contributed by atoms with Gasteiger partial charge >= 0.3 is 6.03 Å². The highest BCUT2D eigenvalue weighted by Crippen LogP contribution is 2.28. The van der Waals surface area contributed by atoms with Crippen molar-refractivity contribution in [3.8, 4) is 0 Å². The smallest absolute Gasteiger partial charge is 0.332 e. The molecular formula is C17H21N3O3. The number of nitrogens with one attached hydrogen (secondary N) is 1. The Morgan fingerprint density at radius 1 is 1.22 bits per heavy atom. The minimum atomic E-state index is -0.798. The van der Waals surface area contributed by atoms with E-state index in [4.69, 9.17) is 0 Å². The van der Waals surface area contributed by atoms with Crippen LogP contribution in [0.1, 0.15) is 32.3 Å². The van der Waals surface area contributed by atoms with Crippen LogP contribution in [0.2, 0.25) is 0 Å². The average Bonchev–Trinajstić information content (AvgIpc) is 3.29. The lowest BCUT2D eigenvalue weighted by atomic mass is 10.2. The third-order valence-corrected chi connectivity index (χ3v) is 4.40. The van der Waals surface area contributed by atoms with Gasteiger partial charge in [0, 0.05) is 11.7 Å². The first-order chi connectivity index (χ1) is 10.9. The van der Waals surface area contributed by atoms with E-state index in [1.807, 2.05) is 31.2 Å². The van der Waals surface area contributed by atoms with Crippen LogP contribution in [0.5, 0.6) is 0 Å². The predicted molar refractivity (Wildman–Crippen MR) is 86.0 cm³/mol. The lowest BCUT2D eigenvalue weighted by Gasteiger charge is -2.22. The Kier molecular flexibility index (Phi) is 3.83. The molecule has 0 radical (unpaired) electrons. The Bertz CT molecular complexity index is 652. The summed E-state index contributed by atoms with van der Waals surface area (Å²) in [5.74, 6) is -0.610. The Morgan fingerprint density at radius 2 is 1.83 bits per heavy atom. The number of rotatable bonds is 4. The van der Waals surface area contributed by atoms with Crippen molar-refractivity contribution in [3.05, 3.63) is 29.8 Å². The molecule has 0 unspecified atom stereocenters. The van der Waals surface area contributed by atoms with E-state index in [1.165, 1.54) is 4.90 Å². The number of benzene rings is 1. The summed E-state index contributed by atoms with van der Waals surface area (Å²) in [5.41, 5.74) is 1.74. The summed E-state index contributed by atoms with van der Waals surface area (Å²) in [7, 11) is 0. The van der Waals surface area contributed by atoms with Crippen molar-refractivity contribution in [1.82, 2.24) is 10.2 Å². The van der Waals surface area contributed by atoms with Gasteiger partial charge in [-0.2, -0.15) is 0 Å². The van der Waals surface area contributed by atoms with E-state index in [9.17, 15) is 14.4 Å². The van der Waals surface area contributed by atoms with Crippen molar-refractivity contribution in [2.24, 2.45) is 0 Å². The largest absolute Gasteiger partial charge is 0.352 e. The molecule has 0 bridgehead atoms. The van der Waals surface area contributed by atoms with Crippen LogP contribution >= 0.6 is 0 Å². The molecule has 4 amide bonds. The maximum absolute atomic E-state index is 12.7. The molecule has 2 aliphatic rings. The topological polar surface area (TPSA) is 69.7 Å². The zero-order valence-corrected chi connectivity index (χ0v) is 13.6. The van der Waals surface area contributed by atoms with Crippen molar-refractivity contribution in [2.75, 3.05) is 4.90 Å². The summed E-state index contributed by atoms with van der Waals surface area (Å²) in [6.45, 7) is 5.24. The highest BCUT2D eigenvalue weighted by Gasteiger charge is 2.47. The second-order valence-corrected chi connectivity index (χ2v) is 6.33. The zero-order valence-electron chi connectivity index (χ0n) is 13.6. The average molecular weight is 315 g/mol. The SMILES string of the molecule is Cc1ccc(N2C(=O)N([C@H](C)C(=O)NC3CC3)C(=O)[C@H]2C)cc1. The van der Waals surface area contributed by atoms with Gasteiger partial charge in [0.1, 0.15) is 12.1 Å². The van der Waals surface area contributed by atoms with Gasteiger partial charge in [-0.1, -0.05) is 17.7 Å². The normalized spacial score (nSPS) is 22.5. The van der Waals surface area contributed by atoms with E-state index < -0.39 is 18.1 Å². The van der Waals surface area contributed by atoms with E-state index in [-0.39, 0.29) is 17.9 Å². The van der Waals surface area contributed by atoms with Crippen LogP contribution in [0.3, 0.4) is 0 Å². The van der Waals surface area contributed by atoms with Gasteiger partial charge in [0.05, 0.1) is 0 Å². The van der Waals surface area contributed by atoms with E-state index in [1.54, 1.807) is 13.8 Å². The molecule has 1 aromatic rings. The molecule has 6 heteroatoms. The fourth-order valence-electron chi connectivity index (χ4n) is 2.75. The van der Waals surface area contributed by atoms with Gasteiger partial charge in [-0.3, -0.25) is 14.5 Å². The Morgan fingerprint density at radius 3 is 2.39 bits per heavy atom. The van der Waals surface area contributed by atoms with Gasteiger partial charge < -0.3 is 5.32 Å². The van der Waals surface area contributed by atoms with Crippen LogP contribution in [0.15, 0.2) is 24.3 Å². The second kappa shape index (κ2) is 5.68. The number of carbonyl (C=O) groups is 3. The third-order valence-electron chi connectivity index (χ3n) is 4.40. The van der Waals surface area contributed by atoms with Gasteiger partial charge in [0.2, 0.25) is 5.91 Å². The molecule has 1 aromatic carbocycles. The zero-order chi connectivity index (χ0) is 16.7. The molecule has 1 aliphatic carbocycles. The number of anilines is 1. The molecule has 1 N–H and O–H groups in total. The number of nitrogens with zero attached hydrogens (tertiary/aromatic N) is 2. The monoisotopic (exact) mass is 315 g/mol. The maximum atomic E-state index is 12.7. The predicted octanol–water partition coefficient (Wildman–Crippen LogP) is 1.82. The molecule has 122 valence electrons. The molecule has 2 atom stereocenters. The van der Waals surface area contributed by atoms with Gasteiger partial charge in [-0.15, -0.1) is 0 Å². The number of aryl methyl sites for hydroxylation is 1. The molecular weight excluding hydrogens is 294 g/mol. The number of carbonyl (C=O) groups excluding carboxylic acids is 3. The lowest BCUT2D eigenvalue weighted by Crippen LogP contribution is -2.49. The van der Waals surface area contributed by atoms with E-state index in [2.05, 4.69) is 5.32 Å². The summed E-state index contributed by atoms with van der Waals surface area (Å²) in [4.78, 5) is 39.9. The first-order valence-electron chi connectivity index (χ1n) is 7.93. The first kappa shape index (κ1) is 15.5. The summed E-state index contributed by atoms with van der Waals surface area (Å²) >= 11 is 0. The van der Waals surface area contributed by atoms with E-state index in [0.717, 1.165) is 23.3 Å². The summed E-state index contributed by atoms with van der Waals surface area (Å²) < 4.78 is 0. The molecule has 2 fully saturated rings. The Balaban J connectivity index is 1.82. The van der Waals surface area contributed by atoms with Crippen LogP contribution in [0.4, 0.5) is 10.5 Å². The molecule has 23 heavy (non-hydrogen) atoms. The van der Waals surface area contributed by atoms with Crippen molar-refractivity contribution >= 4 is 23.5 Å². The Labute approximate surface area is 135 Å². The van der Waals surface area contributed by atoms with Crippen molar-refractivity contribution < 1.29 is 14.4 Å².